The van der Waals surface area contributed by atoms with Crippen molar-refractivity contribution in [1.29, 1.82) is 0 Å². The van der Waals surface area contributed by atoms with Gasteiger partial charge in [0.1, 0.15) is 11.9 Å². The summed E-state index contributed by atoms with van der Waals surface area (Å²) in [5.41, 5.74) is 0.747. The van der Waals surface area contributed by atoms with E-state index in [9.17, 15) is 9.50 Å². The molecule has 0 bridgehead atoms. The molecule has 2 heterocycles. The molecule has 1 fully saturated rings. The average Bonchev–Trinajstić information content (AvgIpc) is 2.79. The normalized spacial score (nSPS) is 33.1. The molecule has 1 aromatic rings. The predicted molar refractivity (Wildman–Crippen MR) is 55.2 cm³/mol. The Morgan fingerprint density at radius 1 is 1.47 bits per heavy atom. The molecule has 15 heavy (non-hydrogen) atoms. The van der Waals surface area contributed by atoms with E-state index in [2.05, 4.69) is 10.6 Å². The van der Waals surface area contributed by atoms with Crippen molar-refractivity contribution in [3.05, 3.63) is 29.6 Å². The quantitative estimate of drug-likeness (QED) is 0.596. The highest BCUT2D eigenvalue weighted by molar-refractivity contribution is 5.62. The number of nitrogens with one attached hydrogen (secondary N) is 2. The van der Waals surface area contributed by atoms with Crippen LogP contribution in [0.15, 0.2) is 18.2 Å². The second-order valence-corrected chi connectivity index (χ2v) is 4.31. The smallest absolute Gasteiger partial charge is 0.146 e. The highest BCUT2D eigenvalue weighted by atomic mass is 19.1. The zero-order chi connectivity index (χ0) is 10.5. The molecule has 1 saturated heterocycles. The number of para-hydroxylation sites is 1. The van der Waals surface area contributed by atoms with Crippen molar-refractivity contribution in [3.63, 3.8) is 0 Å². The molecule has 3 N–H and O–H groups in total. The zero-order valence-corrected chi connectivity index (χ0v) is 8.26. The highest BCUT2D eigenvalue weighted by Crippen LogP contribution is 2.44. The summed E-state index contributed by atoms with van der Waals surface area (Å²) >= 11 is 0. The second-order valence-electron chi connectivity index (χ2n) is 4.31. The second kappa shape index (κ2) is 2.93. The number of fused-ring (bicyclic) bond motifs is 1. The molecule has 0 amide bonds. The highest BCUT2D eigenvalue weighted by Gasteiger charge is 2.47. The van der Waals surface area contributed by atoms with Gasteiger partial charge in [0.25, 0.3) is 0 Å². The van der Waals surface area contributed by atoms with Gasteiger partial charge in [-0.3, -0.25) is 0 Å². The van der Waals surface area contributed by atoms with Crippen LogP contribution >= 0.6 is 0 Å². The molecule has 4 heteroatoms. The summed E-state index contributed by atoms with van der Waals surface area (Å²) in [5.74, 6) is -0.282. The van der Waals surface area contributed by atoms with Crippen LogP contribution in [0.2, 0.25) is 0 Å². The number of anilines is 1. The van der Waals surface area contributed by atoms with E-state index in [1.54, 1.807) is 12.1 Å². The van der Waals surface area contributed by atoms with Gasteiger partial charge < -0.3 is 15.7 Å². The Labute approximate surface area is 87.3 Å². The van der Waals surface area contributed by atoms with Gasteiger partial charge in [-0.15, -0.1) is 0 Å². The summed E-state index contributed by atoms with van der Waals surface area (Å²) < 4.78 is 13.5. The van der Waals surface area contributed by atoms with Crippen molar-refractivity contribution in [1.82, 2.24) is 5.32 Å². The molecular weight excluding hydrogens is 195 g/mol. The van der Waals surface area contributed by atoms with Gasteiger partial charge in [-0.25, -0.2) is 4.39 Å². The van der Waals surface area contributed by atoms with Gasteiger partial charge in [-0.05, 0) is 19.0 Å². The lowest BCUT2D eigenvalue weighted by Crippen LogP contribution is -2.41. The summed E-state index contributed by atoms with van der Waals surface area (Å²) in [4.78, 5) is 0. The molecule has 2 aliphatic heterocycles. The van der Waals surface area contributed by atoms with Crippen molar-refractivity contribution < 1.29 is 9.50 Å². The average molecular weight is 208 g/mol. The van der Waals surface area contributed by atoms with Crippen LogP contribution in [0.5, 0.6) is 0 Å². The number of rotatable bonds is 0. The minimum Gasteiger partial charge on any atom is -0.386 e. The predicted octanol–water partition coefficient (Wildman–Crippen LogP) is 1.02. The first-order chi connectivity index (χ1) is 7.23. The van der Waals surface area contributed by atoms with Crippen molar-refractivity contribution in [2.45, 2.75) is 18.1 Å². The van der Waals surface area contributed by atoms with Crippen LogP contribution < -0.4 is 10.6 Å². The van der Waals surface area contributed by atoms with E-state index in [-0.39, 0.29) is 5.82 Å². The molecule has 1 aromatic carbocycles. The number of aliphatic hydroxyl groups excluding tert-OH is 1. The van der Waals surface area contributed by atoms with Crippen molar-refractivity contribution >= 4 is 5.69 Å². The van der Waals surface area contributed by atoms with E-state index in [0.717, 1.165) is 13.0 Å². The van der Waals surface area contributed by atoms with Crippen LogP contribution in [0.3, 0.4) is 0 Å². The molecule has 3 nitrogen and oxygen atoms in total. The van der Waals surface area contributed by atoms with E-state index in [1.807, 2.05) is 0 Å². The van der Waals surface area contributed by atoms with E-state index in [1.165, 1.54) is 6.07 Å². The summed E-state index contributed by atoms with van der Waals surface area (Å²) in [6.45, 7) is 1.54. The third-order valence-electron chi connectivity index (χ3n) is 3.43. The number of hydrogen-bond donors (Lipinski definition) is 3. The van der Waals surface area contributed by atoms with Crippen LogP contribution in [0.4, 0.5) is 10.1 Å². The lowest BCUT2D eigenvalue weighted by molar-refractivity contribution is 0.118. The van der Waals surface area contributed by atoms with Gasteiger partial charge in [0.2, 0.25) is 0 Å². The molecule has 0 saturated carbocycles. The van der Waals surface area contributed by atoms with Gasteiger partial charge in [-0.2, -0.15) is 0 Å². The summed E-state index contributed by atoms with van der Waals surface area (Å²) in [7, 11) is 0. The molecule has 1 spiro atoms. The first kappa shape index (κ1) is 9.12. The fourth-order valence-corrected chi connectivity index (χ4v) is 2.57. The summed E-state index contributed by atoms with van der Waals surface area (Å²) in [6.07, 6.45) is 0.209. The molecule has 2 atom stereocenters. The van der Waals surface area contributed by atoms with Crippen LogP contribution in [0.25, 0.3) is 0 Å². The van der Waals surface area contributed by atoms with Crippen LogP contribution in [-0.2, 0) is 0 Å². The Kier molecular flexibility index (Phi) is 1.78. The first-order valence-electron chi connectivity index (χ1n) is 5.18. The van der Waals surface area contributed by atoms with E-state index < -0.39 is 11.6 Å². The minimum atomic E-state index is -0.613. The van der Waals surface area contributed by atoms with E-state index in [4.69, 9.17) is 0 Å². The van der Waals surface area contributed by atoms with Gasteiger partial charge >= 0.3 is 0 Å². The summed E-state index contributed by atoms with van der Waals surface area (Å²) in [6, 6.07) is 4.84. The zero-order valence-electron chi connectivity index (χ0n) is 8.26. The fraction of sp³-hybridized carbons (Fsp3) is 0.455. The summed E-state index contributed by atoms with van der Waals surface area (Å²) in [5, 5.41) is 16.5. The molecule has 0 aliphatic carbocycles. The largest absolute Gasteiger partial charge is 0.386 e. The lowest BCUT2D eigenvalue weighted by atomic mass is 9.91. The third kappa shape index (κ3) is 1.12. The molecule has 2 aliphatic rings. The van der Waals surface area contributed by atoms with Crippen molar-refractivity contribution in [3.8, 4) is 0 Å². The van der Waals surface area contributed by atoms with Gasteiger partial charge in [0.05, 0.1) is 11.2 Å². The van der Waals surface area contributed by atoms with E-state index >= 15 is 0 Å². The number of benzene rings is 1. The number of aliphatic hydroxyl groups is 1. The number of hydrogen-bond acceptors (Lipinski definition) is 3. The van der Waals surface area contributed by atoms with Gasteiger partial charge in [-0.1, -0.05) is 12.1 Å². The van der Waals surface area contributed by atoms with Crippen LogP contribution in [0.1, 0.15) is 18.1 Å². The molecule has 0 radical (unpaired) electrons. The van der Waals surface area contributed by atoms with E-state index in [0.29, 0.717) is 17.8 Å². The topological polar surface area (TPSA) is 44.3 Å². The van der Waals surface area contributed by atoms with Crippen LogP contribution in [0, 0.1) is 5.82 Å². The SMILES string of the molecule is OC1c2cccc(F)c2NC12CCNC2. The van der Waals surface area contributed by atoms with Gasteiger partial charge in [0, 0.05) is 12.1 Å². The molecule has 3 rings (SSSR count). The maximum atomic E-state index is 13.5. The molecule has 80 valence electrons. The lowest BCUT2D eigenvalue weighted by Gasteiger charge is -2.27. The maximum absolute atomic E-state index is 13.5. The molecule has 0 aromatic heterocycles. The Morgan fingerprint density at radius 2 is 2.33 bits per heavy atom. The Balaban J connectivity index is 2.08. The number of halogens is 1. The first-order valence-corrected chi connectivity index (χ1v) is 5.18. The molecular formula is C11H13FN2O. The Bertz CT molecular complexity index is 402. The van der Waals surface area contributed by atoms with Gasteiger partial charge in [0.15, 0.2) is 0 Å². The van der Waals surface area contributed by atoms with Crippen LogP contribution in [-0.4, -0.2) is 23.7 Å². The Morgan fingerprint density at radius 3 is 3.00 bits per heavy atom. The fourth-order valence-electron chi connectivity index (χ4n) is 2.57. The third-order valence-corrected chi connectivity index (χ3v) is 3.43. The standard InChI is InChI=1S/C11H13FN2O/c12-8-3-1-2-7-9(8)14-11(10(7)15)4-5-13-6-11/h1-3,10,13-15H,4-6H2. The maximum Gasteiger partial charge on any atom is 0.146 e. The van der Waals surface area contributed by atoms with Crippen molar-refractivity contribution in [2.24, 2.45) is 0 Å². The minimum absolute atomic E-state index is 0.282. The monoisotopic (exact) mass is 208 g/mol. The Hall–Kier alpha value is -1.13. The molecule has 2 unspecified atom stereocenters. The van der Waals surface area contributed by atoms with Crippen molar-refractivity contribution in [2.75, 3.05) is 18.4 Å².